The van der Waals surface area contributed by atoms with Gasteiger partial charge in [0, 0.05) is 12.3 Å². The van der Waals surface area contributed by atoms with Crippen molar-refractivity contribution in [2.45, 2.75) is 38.7 Å². The van der Waals surface area contributed by atoms with Crippen LogP contribution in [-0.4, -0.2) is 54.7 Å². The summed E-state index contributed by atoms with van der Waals surface area (Å²) < 4.78 is 14.9. The van der Waals surface area contributed by atoms with E-state index in [9.17, 15) is 24.3 Å². The van der Waals surface area contributed by atoms with Crippen LogP contribution in [-0.2, 0) is 28.6 Å². The van der Waals surface area contributed by atoms with Crippen molar-refractivity contribution in [3.8, 4) is 0 Å². The number of rotatable bonds is 6. The normalized spacial score (nSPS) is 26.5. The molecule has 0 saturated heterocycles. The molecule has 0 radical (unpaired) electrons. The Bertz CT molecular complexity index is 780. The molecule has 4 atom stereocenters. The van der Waals surface area contributed by atoms with Crippen molar-refractivity contribution in [1.29, 1.82) is 0 Å². The van der Waals surface area contributed by atoms with E-state index in [1.807, 2.05) is 0 Å². The molecule has 1 aliphatic rings. The van der Waals surface area contributed by atoms with Gasteiger partial charge in [-0.2, -0.15) is 0 Å². The summed E-state index contributed by atoms with van der Waals surface area (Å²) in [5.74, 6) is -5.97. The predicted molar refractivity (Wildman–Crippen MR) is 101 cm³/mol. The molecule has 0 amide bonds. The highest BCUT2D eigenvalue weighted by Gasteiger charge is 2.57. The van der Waals surface area contributed by atoms with Crippen LogP contribution in [0.2, 0.25) is 0 Å². The molecule has 1 saturated carbocycles. The van der Waals surface area contributed by atoms with Gasteiger partial charge in [-0.15, -0.1) is 0 Å². The maximum atomic E-state index is 12.8. The van der Waals surface area contributed by atoms with E-state index in [-0.39, 0.29) is 25.2 Å². The van der Waals surface area contributed by atoms with E-state index in [0.717, 1.165) is 0 Å². The monoisotopic (exact) mass is 406 g/mol. The number of hydrogen-bond acceptors (Lipinski definition) is 8. The summed E-state index contributed by atoms with van der Waals surface area (Å²) in [6.45, 7) is 4.77. The summed E-state index contributed by atoms with van der Waals surface area (Å²) in [7, 11) is 1.25. The van der Waals surface area contributed by atoms with Crippen molar-refractivity contribution >= 4 is 23.7 Å². The van der Waals surface area contributed by atoms with Crippen LogP contribution < -0.4 is 0 Å². The molecular formula is C21H26O8. The van der Waals surface area contributed by atoms with Crippen LogP contribution in [0.15, 0.2) is 24.3 Å². The van der Waals surface area contributed by atoms with Gasteiger partial charge >= 0.3 is 17.9 Å². The van der Waals surface area contributed by atoms with Gasteiger partial charge in [-0.3, -0.25) is 14.4 Å². The van der Waals surface area contributed by atoms with E-state index in [4.69, 9.17) is 9.47 Å². The highest BCUT2D eigenvalue weighted by Crippen LogP contribution is 2.46. The Balaban J connectivity index is 2.59. The zero-order chi connectivity index (χ0) is 21.8. The van der Waals surface area contributed by atoms with Gasteiger partial charge in [0.25, 0.3) is 0 Å². The van der Waals surface area contributed by atoms with Crippen LogP contribution in [0.1, 0.15) is 49.0 Å². The molecule has 1 aliphatic carbocycles. The minimum atomic E-state index is -1.71. The number of benzene rings is 1. The fourth-order valence-electron chi connectivity index (χ4n) is 3.84. The lowest BCUT2D eigenvalue weighted by atomic mass is 9.61. The van der Waals surface area contributed by atoms with Crippen molar-refractivity contribution in [2.75, 3.05) is 20.3 Å². The standard InChI is InChI=1S/C21H26O8/c1-5-28-19(24)16-14(22)11-21(3,26)17(20(25)29-6-2)15(16)12-7-9-13(10-8-12)18(23)27-4/h7-10,15-17,26H,5-6,11H2,1-4H3/t15-,16+,17+,21-/m0/s1. The van der Waals surface area contributed by atoms with E-state index in [2.05, 4.69) is 4.74 Å². The third-order valence-corrected chi connectivity index (χ3v) is 5.06. The smallest absolute Gasteiger partial charge is 0.337 e. The largest absolute Gasteiger partial charge is 0.466 e. The molecular weight excluding hydrogens is 380 g/mol. The predicted octanol–water partition coefficient (Wildman–Crippen LogP) is 1.64. The van der Waals surface area contributed by atoms with Gasteiger partial charge in [0.1, 0.15) is 5.92 Å². The van der Waals surface area contributed by atoms with Crippen LogP contribution >= 0.6 is 0 Å². The molecule has 1 fully saturated rings. The molecule has 0 heterocycles. The van der Waals surface area contributed by atoms with Crippen LogP contribution in [0, 0.1) is 11.8 Å². The molecule has 29 heavy (non-hydrogen) atoms. The molecule has 158 valence electrons. The Morgan fingerprint density at radius 2 is 1.62 bits per heavy atom. The number of hydrogen-bond donors (Lipinski definition) is 1. The van der Waals surface area contributed by atoms with E-state index in [0.29, 0.717) is 5.56 Å². The minimum absolute atomic E-state index is 0.0665. The summed E-state index contributed by atoms with van der Waals surface area (Å²) >= 11 is 0. The number of ketones is 1. The molecule has 2 rings (SSSR count). The summed E-state index contributed by atoms with van der Waals surface area (Å²) in [4.78, 5) is 49.8. The molecule has 0 bridgehead atoms. The van der Waals surface area contributed by atoms with Crippen molar-refractivity contribution < 1.29 is 38.5 Å². The lowest BCUT2D eigenvalue weighted by Gasteiger charge is -2.43. The molecule has 1 aromatic carbocycles. The first-order valence-corrected chi connectivity index (χ1v) is 9.44. The number of carbonyl (C=O) groups excluding carboxylic acids is 4. The van der Waals surface area contributed by atoms with Crippen molar-refractivity contribution in [3.63, 3.8) is 0 Å². The van der Waals surface area contributed by atoms with Gasteiger partial charge in [0.15, 0.2) is 5.78 Å². The zero-order valence-corrected chi connectivity index (χ0v) is 17.0. The zero-order valence-electron chi connectivity index (χ0n) is 17.0. The van der Waals surface area contributed by atoms with Crippen molar-refractivity contribution in [2.24, 2.45) is 11.8 Å². The van der Waals surface area contributed by atoms with Crippen LogP contribution in [0.5, 0.6) is 0 Å². The molecule has 0 aliphatic heterocycles. The summed E-state index contributed by atoms with van der Waals surface area (Å²) in [5, 5.41) is 10.9. The van der Waals surface area contributed by atoms with Crippen molar-refractivity contribution in [3.05, 3.63) is 35.4 Å². The summed E-state index contributed by atoms with van der Waals surface area (Å²) in [5.41, 5.74) is -1.01. The second kappa shape index (κ2) is 9.17. The van der Waals surface area contributed by atoms with E-state index >= 15 is 0 Å². The lowest BCUT2D eigenvalue weighted by molar-refractivity contribution is -0.172. The number of carbonyl (C=O) groups is 4. The number of methoxy groups -OCH3 is 1. The molecule has 1 N–H and O–H groups in total. The van der Waals surface area contributed by atoms with Crippen LogP contribution in [0.25, 0.3) is 0 Å². The first kappa shape index (κ1) is 22.5. The first-order chi connectivity index (χ1) is 13.7. The van der Waals surface area contributed by atoms with Gasteiger partial charge in [0.05, 0.1) is 37.4 Å². The second-order valence-corrected chi connectivity index (χ2v) is 7.10. The van der Waals surface area contributed by atoms with E-state index in [1.165, 1.54) is 38.3 Å². The van der Waals surface area contributed by atoms with E-state index in [1.54, 1.807) is 13.8 Å². The van der Waals surface area contributed by atoms with Crippen LogP contribution in [0.4, 0.5) is 0 Å². The SMILES string of the molecule is CCOC(=O)[C@@H]1C(=O)C[C@](C)(O)[C@@H](C(=O)OCC)[C@H]1c1ccc(C(=O)OC)cc1. The minimum Gasteiger partial charge on any atom is -0.466 e. The third kappa shape index (κ3) is 4.64. The maximum Gasteiger partial charge on any atom is 0.337 e. The quantitative estimate of drug-likeness (QED) is 0.431. The van der Waals surface area contributed by atoms with Crippen molar-refractivity contribution in [1.82, 2.24) is 0 Å². The third-order valence-electron chi connectivity index (χ3n) is 5.06. The maximum absolute atomic E-state index is 12.8. The van der Waals surface area contributed by atoms with Gasteiger partial charge in [-0.25, -0.2) is 4.79 Å². The average molecular weight is 406 g/mol. The summed E-state index contributed by atoms with van der Waals surface area (Å²) in [6, 6.07) is 6.01. The first-order valence-electron chi connectivity index (χ1n) is 9.44. The average Bonchev–Trinajstić information content (AvgIpc) is 2.66. The molecule has 8 nitrogen and oxygen atoms in total. The molecule has 0 spiro atoms. The highest BCUT2D eigenvalue weighted by atomic mass is 16.5. The molecule has 0 aromatic heterocycles. The van der Waals surface area contributed by atoms with Gasteiger partial charge in [-0.1, -0.05) is 12.1 Å². The van der Waals surface area contributed by atoms with E-state index < -0.39 is 47.0 Å². The Morgan fingerprint density at radius 1 is 1.07 bits per heavy atom. The molecule has 8 heteroatoms. The Kier molecular flexibility index (Phi) is 7.13. The Morgan fingerprint density at radius 3 is 2.14 bits per heavy atom. The Labute approximate surface area is 169 Å². The van der Waals surface area contributed by atoms with Gasteiger partial charge in [-0.05, 0) is 38.5 Å². The van der Waals surface area contributed by atoms with Gasteiger partial charge in [0.2, 0.25) is 0 Å². The second-order valence-electron chi connectivity index (χ2n) is 7.10. The molecule has 0 unspecified atom stereocenters. The van der Waals surface area contributed by atoms with Gasteiger partial charge < -0.3 is 19.3 Å². The lowest BCUT2D eigenvalue weighted by Crippen LogP contribution is -2.55. The number of esters is 3. The number of ether oxygens (including phenoxy) is 3. The van der Waals surface area contributed by atoms with Crippen LogP contribution in [0.3, 0.4) is 0 Å². The summed E-state index contributed by atoms with van der Waals surface area (Å²) in [6.07, 6.45) is -0.378. The number of Topliss-reactive ketones (excluding diaryl/α,β-unsaturated/α-hetero) is 1. The number of aliphatic hydroxyl groups is 1. The highest BCUT2D eigenvalue weighted by molar-refractivity contribution is 6.02. The fraction of sp³-hybridized carbons (Fsp3) is 0.524. The molecule has 1 aromatic rings. The topological polar surface area (TPSA) is 116 Å². The fourth-order valence-corrected chi connectivity index (χ4v) is 3.84. The Hall–Kier alpha value is -2.74.